The number of carbonyl (C=O) groups is 1. The SMILES string of the molecule is Cc1ccc2[nH]c(C=O)cc2c1O. The number of aromatic nitrogens is 1. The third-order valence-electron chi connectivity index (χ3n) is 2.12. The van der Waals surface area contributed by atoms with Crippen LogP contribution in [0.4, 0.5) is 0 Å². The average Bonchev–Trinajstić information content (AvgIpc) is 2.55. The number of aromatic amines is 1. The maximum atomic E-state index is 10.5. The van der Waals surface area contributed by atoms with E-state index in [-0.39, 0.29) is 5.75 Å². The Bertz CT molecular complexity index is 471. The number of hydrogen-bond donors (Lipinski definition) is 2. The fourth-order valence-electron chi connectivity index (χ4n) is 1.38. The lowest BCUT2D eigenvalue weighted by atomic mass is 10.1. The van der Waals surface area contributed by atoms with Crippen molar-refractivity contribution >= 4 is 17.2 Å². The highest BCUT2D eigenvalue weighted by Gasteiger charge is 2.05. The first kappa shape index (κ1) is 7.86. The molecule has 0 bridgehead atoms. The Labute approximate surface area is 75.0 Å². The van der Waals surface area contributed by atoms with Gasteiger partial charge in [-0.05, 0) is 24.6 Å². The van der Waals surface area contributed by atoms with Crippen LogP contribution in [0.3, 0.4) is 0 Å². The molecule has 3 heteroatoms. The maximum Gasteiger partial charge on any atom is 0.166 e. The molecule has 0 aliphatic carbocycles. The molecule has 1 aromatic carbocycles. The molecule has 1 heterocycles. The number of fused-ring (bicyclic) bond motifs is 1. The molecule has 66 valence electrons. The molecule has 0 unspecified atom stereocenters. The van der Waals surface area contributed by atoms with Crippen LogP contribution < -0.4 is 0 Å². The lowest BCUT2D eigenvalue weighted by Gasteiger charge is -1.97. The Kier molecular flexibility index (Phi) is 1.59. The Morgan fingerprint density at radius 1 is 1.46 bits per heavy atom. The van der Waals surface area contributed by atoms with Gasteiger partial charge in [0.25, 0.3) is 0 Å². The first-order chi connectivity index (χ1) is 6.22. The monoisotopic (exact) mass is 175 g/mol. The lowest BCUT2D eigenvalue weighted by Crippen LogP contribution is -1.75. The first-order valence-corrected chi connectivity index (χ1v) is 3.99. The second-order valence-electron chi connectivity index (χ2n) is 3.03. The van der Waals surface area contributed by atoms with Crippen molar-refractivity contribution in [1.82, 2.24) is 4.98 Å². The van der Waals surface area contributed by atoms with Gasteiger partial charge in [-0.3, -0.25) is 4.79 Å². The van der Waals surface area contributed by atoms with E-state index >= 15 is 0 Å². The molecule has 13 heavy (non-hydrogen) atoms. The number of H-pyrrole nitrogens is 1. The summed E-state index contributed by atoms with van der Waals surface area (Å²) in [5.74, 6) is 0.238. The minimum atomic E-state index is 0.238. The van der Waals surface area contributed by atoms with Gasteiger partial charge in [0.05, 0.1) is 5.69 Å². The molecule has 0 aliphatic rings. The van der Waals surface area contributed by atoms with Gasteiger partial charge in [-0.15, -0.1) is 0 Å². The van der Waals surface area contributed by atoms with Crippen molar-refractivity contribution in [2.45, 2.75) is 6.92 Å². The molecule has 0 atom stereocenters. The van der Waals surface area contributed by atoms with E-state index in [0.29, 0.717) is 11.1 Å². The zero-order valence-corrected chi connectivity index (χ0v) is 7.16. The van der Waals surface area contributed by atoms with Gasteiger partial charge in [0.15, 0.2) is 6.29 Å². The highest BCUT2D eigenvalue weighted by atomic mass is 16.3. The van der Waals surface area contributed by atoms with Crippen LogP contribution in [0.25, 0.3) is 10.9 Å². The van der Waals surface area contributed by atoms with E-state index in [4.69, 9.17) is 0 Å². The zero-order valence-electron chi connectivity index (χ0n) is 7.16. The molecule has 0 saturated heterocycles. The van der Waals surface area contributed by atoms with Gasteiger partial charge < -0.3 is 10.1 Å². The number of benzene rings is 1. The number of aromatic hydroxyl groups is 1. The van der Waals surface area contributed by atoms with E-state index in [9.17, 15) is 9.90 Å². The number of rotatable bonds is 1. The summed E-state index contributed by atoms with van der Waals surface area (Å²) in [4.78, 5) is 13.3. The van der Waals surface area contributed by atoms with Gasteiger partial charge >= 0.3 is 0 Å². The largest absolute Gasteiger partial charge is 0.507 e. The lowest BCUT2D eigenvalue weighted by molar-refractivity contribution is 0.112. The standard InChI is InChI=1S/C10H9NO2/c1-6-2-3-9-8(10(6)13)4-7(5-12)11-9/h2-5,11,13H,1H3. The minimum absolute atomic E-state index is 0.238. The molecular formula is C10H9NO2. The minimum Gasteiger partial charge on any atom is -0.507 e. The smallest absolute Gasteiger partial charge is 0.166 e. The first-order valence-electron chi connectivity index (χ1n) is 3.99. The number of phenolic OH excluding ortho intramolecular Hbond substituents is 1. The molecule has 2 N–H and O–H groups in total. The molecule has 0 radical (unpaired) electrons. The predicted molar refractivity (Wildman–Crippen MR) is 50.1 cm³/mol. The van der Waals surface area contributed by atoms with E-state index in [2.05, 4.69) is 4.98 Å². The van der Waals surface area contributed by atoms with Crippen LogP contribution in [0.2, 0.25) is 0 Å². The topological polar surface area (TPSA) is 53.1 Å². The number of aryl methyl sites for hydroxylation is 1. The summed E-state index contributed by atoms with van der Waals surface area (Å²) in [6, 6.07) is 5.30. The zero-order chi connectivity index (χ0) is 9.42. The van der Waals surface area contributed by atoms with Crippen molar-refractivity contribution in [1.29, 1.82) is 0 Å². The van der Waals surface area contributed by atoms with Crippen molar-refractivity contribution in [3.8, 4) is 5.75 Å². The number of phenols is 1. The number of aldehydes is 1. The summed E-state index contributed by atoms with van der Waals surface area (Å²) in [6.45, 7) is 1.82. The van der Waals surface area contributed by atoms with Crippen LogP contribution in [0.5, 0.6) is 5.75 Å². The summed E-state index contributed by atoms with van der Waals surface area (Å²) in [5.41, 5.74) is 2.07. The number of carbonyl (C=O) groups excluding carboxylic acids is 1. The summed E-state index contributed by atoms with van der Waals surface area (Å²) in [6.07, 6.45) is 0.731. The van der Waals surface area contributed by atoms with Gasteiger partial charge in [-0.2, -0.15) is 0 Å². The van der Waals surface area contributed by atoms with Gasteiger partial charge in [0, 0.05) is 10.9 Å². The van der Waals surface area contributed by atoms with Gasteiger partial charge in [0.2, 0.25) is 0 Å². The molecule has 2 aromatic rings. The van der Waals surface area contributed by atoms with Crippen molar-refractivity contribution in [3.05, 3.63) is 29.5 Å². The van der Waals surface area contributed by atoms with Crippen LogP contribution in [0, 0.1) is 6.92 Å². The molecule has 0 spiro atoms. The van der Waals surface area contributed by atoms with Crippen LogP contribution in [0.1, 0.15) is 16.1 Å². The van der Waals surface area contributed by atoms with E-state index in [1.165, 1.54) is 0 Å². The quantitative estimate of drug-likeness (QED) is 0.651. The van der Waals surface area contributed by atoms with Gasteiger partial charge in [-0.1, -0.05) is 6.07 Å². The van der Waals surface area contributed by atoms with E-state index in [1.807, 2.05) is 19.1 Å². The van der Waals surface area contributed by atoms with Crippen LogP contribution in [-0.4, -0.2) is 16.4 Å². The third-order valence-corrected chi connectivity index (χ3v) is 2.12. The fourth-order valence-corrected chi connectivity index (χ4v) is 1.38. The summed E-state index contributed by atoms with van der Waals surface area (Å²) in [5, 5.41) is 10.3. The molecular weight excluding hydrogens is 166 g/mol. The summed E-state index contributed by atoms with van der Waals surface area (Å²) in [7, 11) is 0. The van der Waals surface area contributed by atoms with Crippen molar-refractivity contribution < 1.29 is 9.90 Å². The van der Waals surface area contributed by atoms with Gasteiger partial charge in [-0.25, -0.2) is 0 Å². The second kappa shape index (κ2) is 2.62. The third kappa shape index (κ3) is 1.09. The molecule has 0 aliphatic heterocycles. The van der Waals surface area contributed by atoms with Crippen LogP contribution >= 0.6 is 0 Å². The highest BCUT2D eigenvalue weighted by molar-refractivity contribution is 5.92. The Morgan fingerprint density at radius 2 is 2.23 bits per heavy atom. The average molecular weight is 175 g/mol. The van der Waals surface area contributed by atoms with E-state index < -0.39 is 0 Å². The Balaban J connectivity index is 2.83. The summed E-state index contributed by atoms with van der Waals surface area (Å²) < 4.78 is 0. The van der Waals surface area contributed by atoms with Gasteiger partial charge in [0.1, 0.15) is 5.75 Å². The summed E-state index contributed by atoms with van der Waals surface area (Å²) >= 11 is 0. The molecule has 0 fully saturated rings. The Hall–Kier alpha value is -1.77. The fraction of sp³-hybridized carbons (Fsp3) is 0.100. The normalized spacial score (nSPS) is 10.5. The van der Waals surface area contributed by atoms with Crippen LogP contribution in [0.15, 0.2) is 18.2 Å². The van der Waals surface area contributed by atoms with Crippen molar-refractivity contribution in [2.75, 3.05) is 0 Å². The van der Waals surface area contributed by atoms with Crippen molar-refractivity contribution in [3.63, 3.8) is 0 Å². The molecule has 2 rings (SSSR count). The van der Waals surface area contributed by atoms with Crippen LogP contribution in [-0.2, 0) is 0 Å². The van der Waals surface area contributed by atoms with E-state index in [0.717, 1.165) is 17.4 Å². The number of hydrogen-bond acceptors (Lipinski definition) is 2. The maximum absolute atomic E-state index is 10.5. The molecule has 0 saturated carbocycles. The number of nitrogens with one attached hydrogen (secondary N) is 1. The van der Waals surface area contributed by atoms with E-state index in [1.54, 1.807) is 6.07 Å². The predicted octanol–water partition coefficient (Wildman–Crippen LogP) is 1.99. The highest BCUT2D eigenvalue weighted by Crippen LogP contribution is 2.28. The molecule has 3 nitrogen and oxygen atoms in total. The molecule has 0 amide bonds. The van der Waals surface area contributed by atoms with Crippen molar-refractivity contribution in [2.24, 2.45) is 0 Å². The second-order valence-corrected chi connectivity index (χ2v) is 3.03. The molecule has 1 aromatic heterocycles. The Morgan fingerprint density at radius 3 is 2.92 bits per heavy atom.